The van der Waals surface area contributed by atoms with Crippen LogP contribution in [-0.4, -0.2) is 11.2 Å². The van der Waals surface area contributed by atoms with Gasteiger partial charge in [-0.15, -0.1) is 0 Å². The molecule has 1 nitrogen and oxygen atoms in total. The molecular formula is C13H15F3O. The normalized spacial score (nSPS) is 18.1. The average molecular weight is 244 g/mol. The predicted molar refractivity (Wildman–Crippen MR) is 58.5 cm³/mol. The number of rotatable bonds is 4. The molecule has 1 aliphatic carbocycles. The van der Waals surface area contributed by atoms with Gasteiger partial charge in [-0.05, 0) is 36.5 Å². The Morgan fingerprint density at radius 1 is 1.18 bits per heavy atom. The number of hydrogen-bond donors (Lipinski definition) is 1. The second kappa shape index (κ2) is 4.69. The average Bonchev–Trinajstić information content (AvgIpc) is 3.01. The van der Waals surface area contributed by atoms with Crippen LogP contribution >= 0.6 is 0 Å². The van der Waals surface area contributed by atoms with Gasteiger partial charge < -0.3 is 5.11 Å². The molecule has 1 aromatic rings. The van der Waals surface area contributed by atoms with Crippen molar-refractivity contribution in [3.63, 3.8) is 0 Å². The number of alkyl halides is 3. The third kappa shape index (κ3) is 3.73. The first-order valence-corrected chi connectivity index (χ1v) is 5.79. The highest BCUT2D eigenvalue weighted by Crippen LogP contribution is 2.34. The quantitative estimate of drug-likeness (QED) is 0.860. The van der Waals surface area contributed by atoms with Gasteiger partial charge >= 0.3 is 6.18 Å². The van der Waals surface area contributed by atoms with Crippen LogP contribution in [0.15, 0.2) is 24.3 Å². The summed E-state index contributed by atoms with van der Waals surface area (Å²) in [6, 6.07) is 5.02. The Morgan fingerprint density at radius 2 is 1.76 bits per heavy atom. The van der Waals surface area contributed by atoms with Crippen molar-refractivity contribution in [2.24, 2.45) is 5.92 Å². The molecule has 2 rings (SSSR count). The maximum atomic E-state index is 12.3. The minimum absolute atomic E-state index is 0.431. The molecule has 1 atom stereocenters. The van der Waals surface area contributed by atoms with E-state index in [1.165, 1.54) is 25.0 Å². The molecule has 0 radical (unpaired) electrons. The first-order valence-electron chi connectivity index (χ1n) is 5.79. The molecule has 1 N–H and O–H groups in total. The van der Waals surface area contributed by atoms with E-state index in [4.69, 9.17) is 0 Å². The summed E-state index contributed by atoms with van der Waals surface area (Å²) in [6.07, 6.45) is -1.17. The molecule has 1 aromatic carbocycles. The second-order valence-electron chi connectivity index (χ2n) is 4.73. The summed E-state index contributed by atoms with van der Waals surface area (Å²) >= 11 is 0. The van der Waals surface area contributed by atoms with Crippen LogP contribution in [0, 0.1) is 5.92 Å². The van der Waals surface area contributed by atoms with E-state index in [-0.39, 0.29) is 0 Å². The topological polar surface area (TPSA) is 20.2 Å². The lowest BCUT2D eigenvalue weighted by Crippen LogP contribution is -2.11. The molecular weight excluding hydrogens is 229 g/mol. The minimum Gasteiger partial charge on any atom is -0.393 e. The van der Waals surface area contributed by atoms with Crippen LogP contribution in [-0.2, 0) is 12.6 Å². The molecule has 0 amide bonds. The second-order valence-corrected chi connectivity index (χ2v) is 4.73. The Bertz CT molecular complexity index is 365. The molecule has 0 saturated heterocycles. The van der Waals surface area contributed by atoms with E-state index in [2.05, 4.69) is 0 Å². The van der Waals surface area contributed by atoms with Crippen LogP contribution in [0.3, 0.4) is 0 Å². The summed E-state index contributed by atoms with van der Waals surface area (Å²) in [5, 5.41) is 9.72. The molecule has 1 aliphatic rings. The summed E-state index contributed by atoms with van der Waals surface area (Å²) in [5.41, 5.74) is 0.115. The fourth-order valence-electron chi connectivity index (χ4n) is 1.92. The Balaban J connectivity index is 1.92. The van der Waals surface area contributed by atoms with Gasteiger partial charge in [-0.1, -0.05) is 25.0 Å². The van der Waals surface area contributed by atoms with E-state index in [9.17, 15) is 18.3 Å². The largest absolute Gasteiger partial charge is 0.416 e. The molecule has 1 fully saturated rings. The molecule has 17 heavy (non-hydrogen) atoms. The minimum atomic E-state index is -4.29. The molecule has 0 spiro atoms. The van der Waals surface area contributed by atoms with Gasteiger partial charge in [-0.25, -0.2) is 0 Å². The van der Waals surface area contributed by atoms with Crippen molar-refractivity contribution in [2.45, 2.75) is 38.0 Å². The van der Waals surface area contributed by atoms with E-state index in [1.54, 1.807) is 0 Å². The van der Waals surface area contributed by atoms with Gasteiger partial charge in [0.25, 0.3) is 0 Å². The zero-order chi connectivity index (χ0) is 12.5. The van der Waals surface area contributed by atoms with Gasteiger partial charge in [0, 0.05) is 0 Å². The van der Waals surface area contributed by atoms with Gasteiger partial charge in [0.05, 0.1) is 11.7 Å². The molecule has 94 valence electrons. The third-order valence-electron chi connectivity index (χ3n) is 3.05. The standard InChI is InChI=1S/C13H15F3O/c14-13(15,16)11-5-3-10(4-6-11)8-12(17)7-9-1-2-9/h3-6,9,12,17H,1-2,7-8H2. The molecule has 1 saturated carbocycles. The molecule has 0 heterocycles. The van der Waals surface area contributed by atoms with Crippen LogP contribution in [0.2, 0.25) is 0 Å². The maximum Gasteiger partial charge on any atom is 0.416 e. The molecule has 0 bridgehead atoms. The van der Waals surface area contributed by atoms with E-state index < -0.39 is 17.8 Å². The zero-order valence-electron chi connectivity index (χ0n) is 9.37. The third-order valence-corrected chi connectivity index (χ3v) is 3.05. The highest BCUT2D eigenvalue weighted by atomic mass is 19.4. The summed E-state index contributed by atoms with van der Waals surface area (Å²) in [4.78, 5) is 0. The van der Waals surface area contributed by atoms with Gasteiger partial charge in [-0.3, -0.25) is 0 Å². The zero-order valence-corrected chi connectivity index (χ0v) is 9.37. The SMILES string of the molecule is OC(Cc1ccc(C(F)(F)F)cc1)CC1CC1. The van der Waals surface area contributed by atoms with Gasteiger partial charge in [0.2, 0.25) is 0 Å². The van der Waals surface area contributed by atoms with Crippen molar-refractivity contribution in [1.82, 2.24) is 0 Å². The van der Waals surface area contributed by atoms with Crippen molar-refractivity contribution >= 4 is 0 Å². The Labute approximate surface area is 98.3 Å². The van der Waals surface area contributed by atoms with Gasteiger partial charge in [0.1, 0.15) is 0 Å². The first-order chi connectivity index (χ1) is 7.95. The summed E-state index contributed by atoms with van der Waals surface area (Å²) in [5.74, 6) is 0.624. The van der Waals surface area contributed by atoms with E-state index in [1.807, 2.05) is 0 Å². The van der Waals surface area contributed by atoms with Crippen LogP contribution in [0.1, 0.15) is 30.4 Å². The lowest BCUT2D eigenvalue weighted by atomic mass is 10.0. The summed E-state index contributed by atoms with van der Waals surface area (Å²) < 4.78 is 36.9. The number of benzene rings is 1. The summed E-state index contributed by atoms with van der Waals surface area (Å²) in [7, 11) is 0. The first kappa shape index (κ1) is 12.4. The van der Waals surface area contributed by atoms with E-state index >= 15 is 0 Å². The van der Waals surface area contributed by atoms with Crippen molar-refractivity contribution in [2.75, 3.05) is 0 Å². The number of aliphatic hydroxyl groups is 1. The van der Waals surface area contributed by atoms with E-state index in [0.717, 1.165) is 24.1 Å². The molecule has 4 heteroatoms. The molecule has 1 unspecified atom stereocenters. The number of halogens is 3. The summed E-state index contributed by atoms with van der Waals surface area (Å²) in [6.45, 7) is 0. The van der Waals surface area contributed by atoms with Crippen molar-refractivity contribution in [3.05, 3.63) is 35.4 Å². The number of hydrogen-bond acceptors (Lipinski definition) is 1. The van der Waals surface area contributed by atoms with Crippen molar-refractivity contribution in [3.8, 4) is 0 Å². The fourth-order valence-corrected chi connectivity index (χ4v) is 1.92. The lowest BCUT2D eigenvalue weighted by molar-refractivity contribution is -0.137. The van der Waals surface area contributed by atoms with Crippen LogP contribution in [0.25, 0.3) is 0 Å². The predicted octanol–water partition coefficient (Wildman–Crippen LogP) is 3.41. The number of aliphatic hydroxyl groups excluding tert-OH is 1. The smallest absolute Gasteiger partial charge is 0.393 e. The Hall–Kier alpha value is -1.03. The Morgan fingerprint density at radius 3 is 2.24 bits per heavy atom. The highest BCUT2D eigenvalue weighted by Gasteiger charge is 2.30. The van der Waals surface area contributed by atoms with Gasteiger partial charge in [-0.2, -0.15) is 13.2 Å². The van der Waals surface area contributed by atoms with Crippen molar-refractivity contribution < 1.29 is 18.3 Å². The highest BCUT2D eigenvalue weighted by molar-refractivity contribution is 5.25. The van der Waals surface area contributed by atoms with Crippen LogP contribution in [0.4, 0.5) is 13.2 Å². The fraction of sp³-hybridized carbons (Fsp3) is 0.538. The van der Waals surface area contributed by atoms with Crippen LogP contribution in [0.5, 0.6) is 0 Å². The Kier molecular flexibility index (Phi) is 3.43. The molecule has 0 aromatic heterocycles. The molecule has 0 aliphatic heterocycles. The lowest BCUT2D eigenvalue weighted by Gasteiger charge is -2.11. The monoisotopic (exact) mass is 244 g/mol. The van der Waals surface area contributed by atoms with Gasteiger partial charge in [0.15, 0.2) is 0 Å². The maximum absolute atomic E-state index is 12.3. The van der Waals surface area contributed by atoms with E-state index in [0.29, 0.717) is 12.3 Å². The van der Waals surface area contributed by atoms with Crippen LogP contribution < -0.4 is 0 Å². The van der Waals surface area contributed by atoms with Crippen molar-refractivity contribution in [1.29, 1.82) is 0 Å².